The lowest BCUT2D eigenvalue weighted by atomic mass is 9.85. The van der Waals surface area contributed by atoms with E-state index >= 15 is 0 Å². The van der Waals surface area contributed by atoms with Crippen LogP contribution in [0.3, 0.4) is 0 Å². The van der Waals surface area contributed by atoms with E-state index < -0.39 is 23.3 Å². The molecule has 4 aromatic rings. The van der Waals surface area contributed by atoms with Crippen LogP contribution in [0.1, 0.15) is 27.7 Å². The summed E-state index contributed by atoms with van der Waals surface area (Å²) in [6.07, 6.45) is 7.46. The molecule has 0 radical (unpaired) electrons. The van der Waals surface area contributed by atoms with Crippen molar-refractivity contribution in [1.82, 2.24) is 29.6 Å². The van der Waals surface area contributed by atoms with Crippen LogP contribution in [0.4, 0.5) is 8.78 Å². The molecule has 1 aromatic carbocycles. The van der Waals surface area contributed by atoms with Crippen molar-refractivity contribution in [1.29, 1.82) is 0 Å². The number of carbonyl (C=O) groups excluding carboxylic acids is 1. The van der Waals surface area contributed by atoms with Crippen LogP contribution in [0.15, 0.2) is 55.6 Å². The summed E-state index contributed by atoms with van der Waals surface area (Å²) in [6.45, 7) is 1.71. The van der Waals surface area contributed by atoms with Gasteiger partial charge >= 0.3 is 0 Å². The number of hydrogen-bond acceptors (Lipinski definition) is 7. The van der Waals surface area contributed by atoms with E-state index in [4.69, 9.17) is 0 Å². The maximum Gasteiger partial charge on any atom is 0.255 e. The Hall–Kier alpha value is -3.57. The molecule has 4 heterocycles. The summed E-state index contributed by atoms with van der Waals surface area (Å²) in [5.74, 6) is -1.95. The third-order valence-electron chi connectivity index (χ3n) is 5.89. The highest BCUT2D eigenvalue weighted by molar-refractivity contribution is 7.16. The minimum absolute atomic E-state index is 0.128. The number of carbonyl (C=O) groups is 1. The van der Waals surface area contributed by atoms with Gasteiger partial charge in [0.15, 0.2) is 0 Å². The van der Waals surface area contributed by atoms with Crippen LogP contribution in [0.25, 0.3) is 10.4 Å². The van der Waals surface area contributed by atoms with E-state index in [1.807, 2.05) is 0 Å². The molecule has 0 fully saturated rings. The highest BCUT2D eigenvalue weighted by atomic mass is 32.1. The zero-order valence-electron chi connectivity index (χ0n) is 17.4. The number of fused-ring (bicyclic) bond motifs is 1. The molecule has 8 nitrogen and oxygen atoms in total. The van der Waals surface area contributed by atoms with Gasteiger partial charge < -0.3 is 10.0 Å². The Morgan fingerprint density at radius 2 is 1.97 bits per heavy atom. The summed E-state index contributed by atoms with van der Waals surface area (Å²) in [7, 11) is 0. The minimum Gasteiger partial charge on any atom is -0.381 e. The first-order valence-electron chi connectivity index (χ1n) is 10.1. The number of aliphatic hydroxyl groups is 1. The molecule has 33 heavy (non-hydrogen) atoms. The normalized spacial score (nSPS) is 16.0. The quantitative estimate of drug-likeness (QED) is 0.467. The SMILES string of the molecule is C[C@@H](N1Cc2sc(-c3cncnc3)cc2C1=O)[C@](O)(Cn1cncn1)c1ccc(F)cc1F. The van der Waals surface area contributed by atoms with Gasteiger partial charge in [-0.15, -0.1) is 11.3 Å². The van der Waals surface area contributed by atoms with Crippen molar-refractivity contribution < 1.29 is 18.7 Å². The number of hydrogen-bond donors (Lipinski definition) is 1. The van der Waals surface area contributed by atoms with E-state index in [1.54, 1.807) is 25.4 Å². The van der Waals surface area contributed by atoms with Crippen molar-refractivity contribution in [3.05, 3.63) is 83.3 Å². The Kier molecular flexibility index (Phi) is 5.22. The van der Waals surface area contributed by atoms with Crippen molar-refractivity contribution in [2.24, 2.45) is 0 Å². The van der Waals surface area contributed by atoms with Crippen LogP contribution in [0.5, 0.6) is 0 Å². The van der Waals surface area contributed by atoms with Gasteiger partial charge in [-0.25, -0.2) is 28.4 Å². The Bertz CT molecular complexity index is 1310. The van der Waals surface area contributed by atoms with Crippen LogP contribution >= 0.6 is 11.3 Å². The number of thiophene rings is 1. The molecule has 0 saturated heterocycles. The Labute approximate surface area is 191 Å². The number of nitrogens with zero attached hydrogens (tertiary/aromatic N) is 6. The van der Waals surface area contributed by atoms with Crippen LogP contribution in [0, 0.1) is 11.6 Å². The lowest BCUT2D eigenvalue weighted by molar-refractivity contribution is -0.0555. The Balaban J connectivity index is 1.49. The first-order chi connectivity index (χ1) is 15.9. The van der Waals surface area contributed by atoms with Gasteiger partial charge in [0, 0.05) is 39.3 Å². The van der Waals surface area contributed by atoms with E-state index in [0.29, 0.717) is 11.6 Å². The Morgan fingerprint density at radius 3 is 2.64 bits per heavy atom. The molecule has 1 aliphatic rings. The summed E-state index contributed by atoms with van der Waals surface area (Å²) in [5.41, 5.74) is -0.698. The summed E-state index contributed by atoms with van der Waals surface area (Å²) >= 11 is 1.44. The number of rotatable bonds is 6. The number of halogens is 2. The molecule has 1 amide bonds. The molecule has 0 spiro atoms. The van der Waals surface area contributed by atoms with Crippen molar-refractivity contribution in [2.45, 2.75) is 31.7 Å². The smallest absolute Gasteiger partial charge is 0.255 e. The second-order valence-corrected chi connectivity index (χ2v) is 8.96. The average molecular weight is 468 g/mol. The third-order valence-corrected chi connectivity index (χ3v) is 7.05. The second-order valence-electron chi connectivity index (χ2n) is 7.83. The first-order valence-corrected chi connectivity index (χ1v) is 10.9. The number of aromatic nitrogens is 5. The molecule has 1 aliphatic heterocycles. The van der Waals surface area contributed by atoms with Gasteiger partial charge in [0.2, 0.25) is 0 Å². The van der Waals surface area contributed by atoms with E-state index in [2.05, 4.69) is 20.1 Å². The highest BCUT2D eigenvalue weighted by Crippen LogP contribution is 2.40. The second kappa shape index (κ2) is 8.09. The lowest BCUT2D eigenvalue weighted by Crippen LogP contribution is -2.52. The standard InChI is InChI=1S/C22H18F2N6O2S/c1-13(22(32,9-29-12-27-11-28-29)17-3-2-15(23)4-18(17)24)30-8-20-16(21(30)31)5-19(33-20)14-6-25-10-26-7-14/h2-7,10-13,32H,8-9H2,1H3/t13-,22-/m1/s1. The summed E-state index contributed by atoms with van der Waals surface area (Å²) in [5, 5.41) is 15.8. The third kappa shape index (κ3) is 3.68. The van der Waals surface area contributed by atoms with Crippen molar-refractivity contribution in [3.8, 4) is 10.4 Å². The van der Waals surface area contributed by atoms with Gasteiger partial charge in [-0.05, 0) is 19.1 Å². The molecule has 168 valence electrons. The molecule has 0 aliphatic carbocycles. The van der Waals surface area contributed by atoms with Gasteiger partial charge in [-0.3, -0.25) is 4.79 Å². The van der Waals surface area contributed by atoms with Gasteiger partial charge in [0.25, 0.3) is 5.91 Å². The largest absolute Gasteiger partial charge is 0.381 e. The molecule has 0 unspecified atom stereocenters. The molecular weight excluding hydrogens is 450 g/mol. The first kappa shape index (κ1) is 21.3. The molecular formula is C22H18F2N6O2S. The molecule has 5 rings (SSSR count). The van der Waals surface area contributed by atoms with E-state index in [0.717, 1.165) is 21.4 Å². The monoisotopic (exact) mass is 468 g/mol. The topological polar surface area (TPSA) is 97.0 Å². The predicted molar refractivity (Wildman–Crippen MR) is 115 cm³/mol. The molecule has 11 heteroatoms. The number of benzene rings is 1. The van der Waals surface area contributed by atoms with Gasteiger partial charge in [-0.1, -0.05) is 6.07 Å². The van der Waals surface area contributed by atoms with Crippen LogP contribution in [-0.2, 0) is 18.7 Å². The molecule has 3 aromatic heterocycles. The fourth-order valence-electron chi connectivity index (χ4n) is 4.09. The zero-order valence-corrected chi connectivity index (χ0v) is 18.2. The Morgan fingerprint density at radius 1 is 1.18 bits per heavy atom. The van der Waals surface area contributed by atoms with E-state index in [-0.39, 0.29) is 24.6 Å². The van der Waals surface area contributed by atoms with Crippen LogP contribution < -0.4 is 0 Å². The van der Waals surface area contributed by atoms with Gasteiger partial charge in [0.05, 0.1) is 24.7 Å². The minimum atomic E-state index is -1.90. The fraction of sp³-hybridized carbons (Fsp3) is 0.227. The fourth-order valence-corrected chi connectivity index (χ4v) is 5.22. The number of amides is 1. The van der Waals surface area contributed by atoms with Crippen LogP contribution in [-0.4, -0.2) is 46.7 Å². The average Bonchev–Trinajstić information content (AvgIpc) is 3.52. The van der Waals surface area contributed by atoms with Gasteiger partial charge in [-0.2, -0.15) is 5.10 Å². The lowest BCUT2D eigenvalue weighted by Gasteiger charge is -2.39. The van der Waals surface area contributed by atoms with E-state index in [9.17, 15) is 18.7 Å². The summed E-state index contributed by atoms with van der Waals surface area (Å²) < 4.78 is 29.7. The van der Waals surface area contributed by atoms with Crippen LogP contribution in [0.2, 0.25) is 0 Å². The molecule has 0 saturated carbocycles. The maximum atomic E-state index is 14.8. The zero-order chi connectivity index (χ0) is 23.2. The molecule has 0 bridgehead atoms. The van der Waals surface area contributed by atoms with Crippen molar-refractivity contribution >= 4 is 17.2 Å². The van der Waals surface area contributed by atoms with Gasteiger partial charge in [0.1, 0.15) is 36.2 Å². The predicted octanol–water partition coefficient (Wildman–Crippen LogP) is 3.01. The highest BCUT2D eigenvalue weighted by Gasteiger charge is 2.46. The van der Waals surface area contributed by atoms with Crippen molar-refractivity contribution in [2.75, 3.05) is 0 Å². The molecule has 1 N–H and O–H groups in total. The summed E-state index contributed by atoms with van der Waals surface area (Å²) in [6, 6.07) is 3.90. The molecule has 2 atom stereocenters. The summed E-state index contributed by atoms with van der Waals surface area (Å²) in [4.78, 5) is 28.4. The maximum absolute atomic E-state index is 14.8. The van der Waals surface area contributed by atoms with Crippen molar-refractivity contribution in [3.63, 3.8) is 0 Å². The van der Waals surface area contributed by atoms with E-state index in [1.165, 1.54) is 46.0 Å².